The van der Waals surface area contributed by atoms with Crippen molar-refractivity contribution in [3.05, 3.63) is 24.3 Å². The van der Waals surface area contributed by atoms with E-state index in [2.05, 4.69) is 47.3 Å². The number of alkyl halides is 1. The molecule has 0 nitrogen and oxygen atoms in total. The van der Waals surface area contributed by atoms with Gasteiger partial charge in [-0.25, -0.2) is 0 Å². The summed E-state index contributed by atoms with van der Waals surface area (Å²) in [6.45, 7) is 15.4. The standard InChI is InChI=1S/C15H25Cl/c1-7-12-8-9-13(11(4)14(12)16)15(5,6)10(2)3/h7,9-12,14H,1,8H2,2-6H3. The molecule has 0 radical (unpaired) electrons. The summed E-state index contributed by atoms with van der Waals surface area (Å²) in [6.07, 6.45) is 5.45. The Bertz CT molecular complexity index is 286. The van der Waals surface area contributed by atoms with Crippen LogP contribution in [0.5, 0.6) is 0 Å². The first-order valence-corrected chi connectivity index (χ1v) is 6.73. The van der Waals surface area contributed by atoms with Crippen LogP contribution in [0.25, 0.3) is 0 Å². The summed E-state index contributed by atoms with van der Waals surface area (Å²) in [7, 11) is 0. The van der Waals surface area contributed by atoms with Crippen LogP contribution in [0.15, 0.2) is 24.3 Å². The summed E-state index contributed by atoms with van der Waals surface area (Å²) in [6, 6.07) is 0. The van der Waals surface area contributed by atoms with Crippen molar-refractivity contribution >= 4 is 11.6 Å². The molecule has 1 aliphatic carbocycles. The predicted molar refractivity (Wildman–Crippen MR) is 73.8 cm³/mol. The molecule has 3 atom stereocenters. The molecule has 0 fully saturated rings. The van der Waals surface area contributed by atoms with E-state index >= 15 is 0 Å². The lowest BCUT2D eigenvalue weighted by Crippen LogP contribution is -2.34. The molecule has 0 aromatic rings. The van der Waals surface area contributed by atoms with Crippen molar-refractivity contribution in [2.24, 2.45) is 23.2 Å². The van der Waals surface area contributed by atoms with E-state index in [1.807, 2.05) is 6.08 Å². The first-order chi connectivity index (χ1) is 7.32. The molecule has 0 aliphatic heterocycles. The third-order valence-corrected chi connectivity index (χ3v) is 5.18. The molecule has 0 heterocycles. The number of hydrogen-bond donors (Lipinski definition) is 0. The Labute approximate surface area is 106 Å². The summed E-state index contributed by atoms with van der Waals surface area (Å²) in [4.78, 5) is 0. The second kappa shape index (κ2) is 4.96. The van der Waals surface area contributed by atoms with E-state index in [-0.39, 0.29) is 10.8 Å². The smallest absolute Gasteiger partial charge is 0.0464 e. The molecule has 16 heavy (non-hydrogen) atoms. The van der Waals surface area contributed by atoms with Crippen LogP contribution in [0, 0.1) is 23.2 Å². The number of halogens is 1. The van der Waals surface area contributed by atoms with Gasteiger partial charge in [0.15, 0.2) is 0 Å². The fourth-order valence-corrected chi connectivity index (χ4v) is 2.87. The fourth-order valence-electron chi connectivity index (χ4n) is 2.53. The Morgan fingerprint density at radius 2 is 2.06 bits per heavy atom. The molecule has 0 bridgehead atoms. The van der Waals surface area contributed by atoms with Crippen molar-refractivity contribution in [1.29, 1.82) is 0 Å². The zero-order valence-electron chi connectivity index (χ0n) is 11.3. The van der Waals surface area contributed by atoms with Crippen molar-refractivity contribution in [2.75, 3.05) is 0 Å². The minimum Gasteiger partial charge on any atom is -0.122 e. The number of allylic oxidation sites excluding steroid dienone is 3. The average molecular weight is 241 g/mol. The molecule has 3 unspecified atom stereocenters. The number of rotatable bonds is 3. The molecule has 0 N–H and O–H groups in total. The van der Waals surface area contributed by atoms with Gasteiger partial charge in [0, 0.05) is 5.38 Å². The van der Waals surface area contributed by atoms with Gasteiger partial charge in [-0.3, -0.25) is 0 Å². The van der Waals surface area contributed by atoms with E-state index in [1.165, 1.54) is 5.57 Å². The van der Waals surface area contributed by atoms with Crippen LogP contribution in [0.1, 0.15) is 41.0 Å². The van der Waals surface area contributed by atoms with Gasteiger partial charge in [0.05, 0.1) is 0 Å². The van der Waals surface area contributed by atoms with Gasteiger partial charge in [-0.2, -0.15) is 0 Å². The minimum absolute atomic E-state index is 0.204. The largest absolute Gasteiger partial charge is 0.122 e. The van der Waals surface area contributed by atoms with Gasteiger partial charge >= 0.3 is 0 Å². The Morgan fingerprint density at radius 3 is 2.50 bits per heavy atom. The van der Waals surface area contributed by atoms with E-state index in [0.29, 0.717) is 17.8 Å². The highest BCUT2D eigenvalue weighted by Gasteiger charge is 2.37. The topological polar surface area (TPSA) is 0 Å². The van der Waals surface area contributed by atoms with E-state index in [4.69, 9.17) is 11.6 Å². The molecular formula is C15H25Cl. The van der Waals surface area contributed by atoms with Crippen LogP contribution in [-0.2, 0) is 0 Å². The van der Waals surface area contributed by atoms with Crippen molar-refractivity contribution in [1.82, 2.24) is 0 Å². The highest BCUT2D eigenvalue weighted by atomic mass is 35.5. The van der Waals surface area contributed by atoms with Crippen molar-refractivity contribution in [2.45, 2.75) is 46.4 Å². The van der Waals surface area contributed by atoms with Gasteiger partial charge in [0.1, 0.15) is 0 Å². The predicted octanol–water partition coefficient (Wildman–Crippen LogP) is 5.04. The second-order valence-electron chi connectivity index (χ2n) is 5.90. The molecule has 0 saturated carbocycles. The van der Waals surface area contributed by atoms with Gasteiger partial charge in [0.25, 0.3) is 0 Å². The molecule has 0 aromatic heterocycles. The Kier molecular flexibility index (Phi) is 4.29. The van der Waals surface area contributed by atoms with Gasteiger partial charge in [-0.05, 0) is 29.6 Å². The van der Waals surface area contributed by atoms with Crippen LogP contribution in [0.3, 0.4) is 0 Å². The maximum atomic E-state index is 6.53. The van der Waals surface area contributed by atoms with Crippen molar-refractivity contribution in [3.8, 4) is 0 Å². The van der Waals surface area contributed by atoms with E-state index in [1.54, 1.807) is 0 Å². The summed E-state index contributed by atoms with van der Waals surface area (Å²) >= 11 is 6.53. The molecule has 0 spiro atoms. The van der Waals surface area contributed by atoms with Gasteiger partial charge < -0.3 is 0 Å². The first-order valence-electron chi connectivity index (χ1n) is 6.29. The van der Waals surface area contributed by atoms with Crippen LogP contribution in [-0.4, -0.2) is 5.38 Å². The van der Waals surface area contributed by atoms with Gasteiger partial charge in [-0.15, -0.1) is 18.2 Å². The van der Waals surface area contributed by atoms with Crippen LogP contribution in [0.2, 0.25) is 0 Å². The molecule has 0 saturated heterocycles. The van der Waals surface area contributed by atoms with Gasteiger partial charge in [-0.1, -0.05) is 52.3 Å². The quantitative estimate of drug-likeness (QED) is 0.479. The Balaban J connectivity index is 2.99. The lowest BCUT2D eigenvalue weighted by Gasteiger charge is -2.41. The summed E-state index contributed by atoms with van der Waals surface area (Å²) < 4.78 is 0. The first kappa shape index (κ1) is 13.8. The highest BCUT2D eigenvalue weighted by Crippen LogP contribution is 2.45. The van der Waals surface area contributed by atoms with Crippen LogP contribution < -0.4 is 0 Å². The SMILES string of the molecule is C=CC1CC=C(C(C)(C)C(C)C)C(C)C1Cl. The third-order valence-electron chi connectivity index (χ3n) is 4.48. The number of hydrogen-bond acceptors (Lipinski definition) is 0. The third kappa shape index (κ3) is 2.37. The maximum Gasteiger partial charge on any atom is 0.0464 e. The second-order valence-corrected chi connectivity index (χ2v) is 6.41. The Hall–Kier alpha value is -0.230. The lowest BCUT2D eigenvalue weighted by atomic mass is 9.66. The fraction of sp³-hybridized carbons (Fsp3) is 0.733. The minimum atomic E-state index is 0.204. The molecular weight excluding hydrogens is 216 g/mol. The van der Waals surface area contributed by atoms with E-state index < -0.39 is 0 Å². The molecule has 92 valence electrons. The molecule has 1 heteroatoms. The summed E-state index contributed by atoms with van der Waals surface area (Å²) in [5.41, 5.74) is 1.78. The molecule has 1 rings (SSSR count). The highest BCUT2D eigenvalue weighted by molar-refractivity contribution is 6.21. The van der Waals surface area contributed by atoms with E-state index in [0.717, 1.165) is 6.42 Å². The van der Waals surface area contributed by atoms with Crippen LogP contribution >= 0.6 is 11.6 Å². The Morgan fingerprint density at radius 1 is 1.50 bits per heavy atom. The van der Waals surface area contributed by atoms with Crippen molar-refractivity contribution < 1.29 is 0 Å². The normalized spacial score (nSPS) is 31.4. The zero-order chi connectivity index (χ0) is 12.5. The van der Waals surface area contributed by atoms with E-state index in [9.17, 15) is 0 Å². The van der Waals surface area contributed by atoms with Crippen LogP contribution in [0.4, 0.5) is 0 Å². The lowest BCUT2D eigenvalue weighted by molar-refractivity contribution is 0.264. The summed E-state index contributed by atoms with van der Waals surface area (Å²) in [5, 5.41) is 0.204. The molecule has 0 aromatic carbocycles. The average Bonchev–Trinajstić information content (AvgIpc) is 2.21. The zero-order valence-corrected chi connectivity index (χ0v) is 12.0. The monoisotopic (exact) mass is 240 g/mol. The van der Waals surface area contributed by atoms with Gasteiger partial charge in [0.2, 0.25) is 0 Å². The van der Waals surface area contributed by atoms with Crippen molar-refractivity contribution in [3.63, 3.8) is 0 Å². The molecule has 0 amide bonds. The summed E-state index contributed by atoms with van der Waals surface area (Å²) in [5.74, 6) is 1.53. The molecule has 1 aliphatic rings. The maximum absolute atomic E-state index is 6.53.